The second-order valence-electron chi connectivity index (χ2n) is 6.57. The minimum absolute atomic E-state index is 0.102. The molecule has 0 spiro atoms. The van der Waals surface area contributed by atoms with Crippen molar-refractivity contribution in [3.63, 3.8) is 0 Å². The Hall–Kier alpha value is -3.58. The lowest BCUT2D eigenvalue weighted by atomic mass is 10.1. The molecule has 0 saturated heterocycles. The maximum Gasteiger partial charge on any atom is 0.263 e. The zero-order chi connectivity index (χ0) is 19.8. The van der Waals surface area contributed by atoms with Gasteiger partial charge in [-0.25, -0.2) is 0 Å². The molecule has 1 amide bonds. The van der Waals surface area contributed by atoms with E-state index >= 15 is 0 Å². The van der Waals surface area contributed by atoms with Gasteiger partial charge >= 0.3 is 0 Å². The molecule has 1 atom stereocenters. The fourth-order valence-electron chi connectivity index (χ4n) is 2.97. The van der Waals surface area contributed by atoms with Gasteiger partial charge in [-0.2, -0.15) is 5.26 Å². The van der Waals surface area contributed by atoms with Crippen molar-refractivity contribution < 1.29 is 9.53 Å². The second-order valence-corrected chi connectivity index (χ2v) is 6.57. The summed E-state index contributed by atoms with van der Waals surface area (Å²) in [6.45, 7) is 2.74. The van der Waals surface area contributed by atoms with Crippen LogP contribution in [0.15, 0.2) is 84.9 Å². The topological polar surface area (TPSA) is 53.3 Å². The fraction of sp³-hybridized carbons (Fsp3) is 0.167. The van der Waals surface area contributed by atoms with Crippen LogP contribution in [0, 0.1) is 11.3 Å². The summed E-state index contributed by atoms with van der Waals surface area (Å²) in [5.41, 5.74) is 2.62. The molecule has 4 heteroatoms. The van der Waals surface area contributed by atoms with Crippen LogP contribution in [0.3, 0.4) is 0 Å². The number of hydrogen-bond donors (Lipinski definition) is 0. The highest BCUT2D eigenvalue weighted by Crippen LogP contribution is 2.17. The van der Waals surface area contributed by atoms with Crippen molar-refractivity contribution in [3.05, 3.63) is 102 Å². The van der Waals surface area contributed by atoms with Crippen LogP contribution in [0.2, 0.25) is 0 Å². The van der Waals surface area contributed by atoms with Gasteiger partial charge in [-0.05, 0) is 36.2 Å². The first-order chi connectivity index (χ1) is 13.7. The molecule has 4 nitrogen and oxygen atoms in total. The Morgan fingerprint density at radius 2 is 1.50 bits per heavy atom. The van der Waals surface area contributed by atoms with Crippen molar-refractivity contribution in [3.8, 4) is 11.8 Å². The summed E-state index contributed by atoms with van der Waals surface area (Å²) >= 11 is 0. The van der Waals surface area contributed by atoms with Crippen LogP contribution in [0.1, 0.15) is 23.6 Å². The van der Waals surface area contributed by atoms with E-state index in [-0.39, 0.29) is 5.91 Å². The molecule has 0 radical (unpaired) electrons. The summed E-state index contributed by atoms with van der Waals surface area (Å²) in [6.07, 6.45) is -0.665. The normalized spacial score (nSPS) is 11.3. The zero-order valence-electron chi connectivity index (χ0n) is 15.8. The lowest BCUT2D eigenvalue weighted by molar-refractivity contribution is -0.139. The number of nitriles is 1. The van der Waals surface area contributed by atoms with E-state index < -0.39 is 6.10 Å². The van der Waals surface area contributed by atoms with Gasteiger partial charge in [0.2, 0.25) is 0 Å². The van der Waals surface area contributed by atoms with E-state index in [1.807, 2.05) is 60.7 Å². The number of amides is 1. The summed E-state index contributed by atoms with van der Waals surface area (Å²) < 4.78 is 5.83. The molecular formula is C24H22N2O2. The molecule has 3 rings (SSSR count). The molecule has 0 bridgehead atoms. The Kier molecular flexibility index (Phi) is 6.43. The van der Waals surface area contributed by atoms with Gasteiger partial charge in [0.25, 0.3) is 5.91 Å². The Balaban J connectivity index is 1.77. The summed E-state index contributed by atoms with van der Waals surface area (Å²) in [7, 11) is 0. The third-order valence-electron chi connectivity index (χ3n) is 4.37. The predicted octanol–water partition coefficient (Wildman–Crippen LogP) is 4.55. The Labute approximate surface area is 165 Å². The highest BCUT2D eigenvalue weighted by atomic mass is 16.5. The number of rotatable bonds is 7. The van der Waals surface area contributed by atoms with E-state index in [0.717, 1.165) is 11.1 Å². The molecule has 3 aromatic carbocycles. The van der Waals surface area contributed by atoms with Crippen molar-refractivity contribution in [2.75, 3.05) is 0 Å². The molecule has 0 aliphatic rings. The molecule has 0 unspecified atom stereocenters. The van der Waals surface area contributed by atoms with Crippen LogP contribution in [0.5, 0.6) is 5.75 Å². The maximum atomic E-state index is 13.1. The van der Waals surface area contributed by atoms with Crippen LogP contribution >= 0.6 is 0 Å². The number of hydrogen-bond acceptors (Lipinski definition) is 3. The third-order valence-corrected chi connectivity index (χ3v) is 4.37. The first-order valence-corrected chi connectivity index (χ1v) is 9.19. The summed E-state index contributed by atoms with van der Waals surface area (Å²) in [6, 6.07) is 28.7. The predicted molar refractivity (Wildman–Crippen MR) is 108 cm³/mol. The van der Waals surface area contributed by atoms with Crippen molar-refractivity contribution in [1.82, 2.24) is 4.90 Å². The van der Waals surface area contributed by atoms with Crippen LogP contribution in [0.4, 0.5) is 0 Å². The van der Waals surface area contributed by atoms with E-state index in [4.69, 9.17) is 10.00 Å². The lowest BCUT2D eigenvalue weighted by Gasteiger charge is -2.26. The molecule has 0 fully saturated rings. The molecule has 3 aromatic rings. The standard InChI is InChI=1S/C24H22N2O2/c1-19(28-23-14-8-13-22(15-23)16-25)24(27)26(17-20-9-4-2-5-10-20)18-21-11-6-3-7-12-21/h2-15,19H,17-18H2,1H3/t19-/m0/s1. The molecule has 0 aromatic heterocycles. The van der Waals surface area contributed by atoms with Crippen molar-refractivity contribution in [2.24, 2.45) is 0 Å². The van der Waals surface area contributed by atoms with Crippen LogP contribution in [-0.4, -0.2) is 16.9 Å². The van der Waals surface area contributed by atoms with E-state index in [1.165, 1.54) is 0 Å². The Morgan fingerprint density at radius 1 is 0.929 bits per heavy atom. The largest absolute Gasteiger partial charge is 0.481 e. The van der Waals surface area contributed by atoms with Gasteiger partial charge in [0, 0.05) is 13.1 Å². The number of ether oxygens (including phenoxy) is 1. The molecule has 0 aliphatic heterocycles. The molecule has 28 heavy (non-hydrogen) atoms. The summed E-state index contributed by atoms with van der Waals surface area (Å²) in [5.74, 6) is 0.411. The lowest BCUT2D eigenvalue weighted by Crippen LogP contribution is -2.39. The van der Waals surface area contributed by atoms with Gasteiger partial charge in [0.15, 0.2) is 6.10 Å². The van der Waals surface area contributed by atoms with Crippen LogP contribution in [-0.2, 0) is 17.9 Å². The smallest absolute Gasteiger partial charge is 0.263 e. The average molecular weight is 370 g/mol. The molecule has 0 aliphatic carbocycles. The minimum atomic E-state index is -0.665. The zero-order valence-corrected chi connectivity index (χ0v) is 15.8. The highest BCUT2D eigenvalue weighted by Gasteiger charge is 2.22. The molecule has 140 valence electrons. The fourth-order valence-corrected chi connectivity index (χ4v) is 2.97. The van der Waals surface area contributed by atoms with Crippen LogP contribution in [0.25, 0.3) is 0 Å². The average Bonchev–Trinajstić information content (AvgIpc) is 2.74. The Morgan fingerprint density at radius 3 is 2.04 bits per heavy atom. The van der Waals surface area contributed by atoms with E-state index in [0.29, 0.717) is 24.4 Å². The second kappa shape index (κ2) is 9.38. The minimum Gasteiger partial charge on any atom is -0.481 e. The number of carbonyl (C=O) groups is 1. The van der Waals surface area contributed by atoms with Crippen molar-refractivity contribution in [2.45, 2.75) is 26.1 Å². The van der Waals surface area contributed by atoms with Gasteiger partial charge < -0.3 is 9.64 Å². The van der Waals surface area contributed by atoms with Crippen molar-refractivity contribution >= 4 is 5.91 Å². The van der Waals surface area contributed by atoms with E-state index in [2.05, 4.69) is 6.07 Å². The number of carbonyl (C=O) groups excluding carboxylic acids is 1. The number of nitrogens with zero attached hydrogens (tertiary/aromatic N) is 2. The van der Waals surface area contributed by atoms with Gasteiger partial charge in [-0.3, -0.25) is 4.79 Å². The molecule has 0 heterocycles. The van der Waals surface area contributed by atoms with Crippen LogP contribution < -0.4 is 4.74 Å². The quantitative estimate of drug-likeness (QED) is 0.613. The SMILES string of the molecule is C[C@H](Oc1cccc(C#N)c1)C(=O)N(Cc1ccccc1)Cc1ccccc1. The van der Waals surface area contributed by atoms with Gasteiger partial charge in [0.1, 0.15) is 5.75 Å². The van der Waals surface area contributed by atoms with Crippen molar-refractivity contribution in [1.29, 1.82) is 5.26 Å². The van der Waals surface area contributed by atoms with E-state index in [1.54, 1.807) is 36.1 Å². The monoisotopic (exact) mass is 370 g/mol. The number of benzene rings is 3. The van der Waals surface area contributed by atoms with Gasteiger partial charge in [-0.1, -0.05) is 66.7 Å². The Bertz CT molecular complexity index is 908. The highest BCUT2D eigenvalue weighted by molar-refractivity contribution is 5.81. The molecule has 0 N–H and O–H groups in total. The summed E-state index contributed by atoms with van der Waals surface area (Å²) in [5, 5.41) is 9.04. The van der Waals surface area contributed by atoms with Gasteiger partial charge in [0.05, 0.1) is 11.6 Å². The maximum absolute atomic E-state index is 13.1. The summed E-state index contributed by atoms with van der Waals surface area (Å²) in [4.78, 5) is 14.9. The van der Waals surface area contributed by atoms with Gasteiger partial charge in [-0.15, -0.1) is 0 Å². The molecular weight excluding hydrogens is 348 g/mol. The first-order valence-electron chi connectivity index (χ1n) is 9.19. The molecule has 0 saturated carbocycles. The van der Waals surface area contributed by atoms with E-state index in [9.17, 15) is 4.79 Å². The third kappa shape index (κ3) is 5.21. The first kappa shape index (κ1) is 19.2.